The molecule has 3 nitrogen and oxygen atoms in total. The van der Waals surface area contributed by atoms with Gasteiger partial charge < -0.3 is 15.4 Å². The van der Waals surface area contributed by atoms with Gasteiger partial charge in [-0.3, -0.25) is 0 Å². The molecule has 0 amide bonds. The summed E-state index contributed by atoms with van der Waals surface area (Å²) < 4.78 is 5.86. The topological polar surface area (TPSA) is 33.3 Å². The van der Waals surface area contributed by atoms with Gasteiger partial charge in [0.05, 0.1) is 12.2 Å². The van der Waals surface area contributed by atoms with Gasteiger partial charge >= 0.3 is 0 Å². The fourth-order valence-corrected chi connectivity index (χ4v) is 2.45. The van der Waals surface area contributed by atoms with E-state index in [4.69, 9.17) is 4.74 Å². The molecule has 0 saturated heterocycles. The van der Waals surface area contributed by atoms with Crippen LogP contribution in [0.3, 0.4) is 0 Å². The molecule has 2 heterocycles. The standard InChI is InChI=1S/C13H18N2O.CH4/c1-9-8-15-12-6-10-2-4-14-5-3-11(10)7-13(12)16-9;/h6-7,9,14-15H,2-5,8H2,1H3;1H4. The Balaban J connectivity index is 0.00000108. The maximum atomic E-state index is 5.86. The average molecular weight is 234 g/mol. The molecule has 0 aromatic heterocycles. The number of ether oxygens (including phenoxy) is 1. The van der Waals surface area contributed by atoms with Crippen LogP contribution in [0.4, 0.5) is 5.69 Å². The third kappa shape index (κ3) is 2.39. The molecule has 0 fully saturated rings. The summed E-state index contributed by atoms with van der Waals surface area (Å²) in [5, 5.41) is 6.87. The molecule has 0 saturated carbocycles. The molecule has 94 valence electrons. The lowest BCUT2D eigenvalue weighted by molar-refractivity contribution is 0.226. The predicted molar refractivity (Wildman–Crippen MR) is 72.0 cm³/mol. The second-order valence-corrected chi connectivity index (χ2v) is 4.68. The molecule has 1 unspecified atom stereocenters. The maximum Gasteiger partial charge on any atom is 0.143 e. The average Bonchev–Trinajstić information content (AvgIpc) is 2.50. The highest BCUT2D eigenvalue weighted by molar-refractivity contribution is 5.62. The molecule has 0 bridgehead atoms. The summed E-state index contributed by atoms with van der Waals surface area (Å²) in [6, 6.07) is 4.49. The Hall–Kier alpha value is -1.22. The quantitative estimate of drug-likeness (QED) is 0.722. The normalized spacial score (nSPS) is 22.1. The van der Waals surface area contributed by atoms with Crippen LogP contribution < -0.4 is 15.4 Å². The lowest BCUT2D eigenvalue weighted by Gasteiger charge is -2.26. The van der Waals surface area contributed by atoms with Gasteiger partial charge in [-0.05, 0) is 56.1 Å². The summed E-state index contributed by atoms with van der Waals surface area (Å²) in [7, 11) is 0. The molecule has 1 aromatic carbocycles. The zero-order chi connectivity index (χ0) is 11.0. The number of benzene rings is 1. The zero-order valence-electron chi connectivity index (χ0n) is 9.68. The molecule has 2 aliphatic rings. The molecule has 0 spiro atoms. The minimum absolute atomic E-state index is 0. The largest absolute Gasteiger partial charge is 0.487 e. The first-order valence-corrected chi connectivity index (χ1v) is 6.10. The summed E-state index contributed by atoms with van der Waals surface area (Å²) in [4.78, 5) is 0. The summed E-state index contributed by atoms with van der Waals surface area (Å²) in [5.74, 6) is 1.03. The summed E-state index contributed by atoms with van der Waals surface area (Å²) >= 11 is 0. The fraction of sp³-hybridized carbons (Fsp3) is 0.571. The van der Waals surface area contributed by atoms with Crippen molar-refractivity contribution in [3.63, 3.8) is 0 Å². The maximum absolute atomic E-state index is 5.86. The van der Waals surface area contributed by atoms with Gasteiger partial charge in [0.25, 0.3) is 0 Å². The number of anilines is 1. The first-order chi connectivity index (χ1) is 7.83. The van der Waals surface area contributed by atoms with E-state index in [0.29, 0.717) is 0 Å². The summed E-state index contributed by atoms with van der Waals surface area (Å²) in [6.45, 7) is 5.17. The van der Waals surface area contributed by atoms with Crippen LogP contribution in [0.25, 0.3) is 0 Å². The third-order valence-corrected chi connectivity index (χ3v) is 3.35. The molecule has 17 heavy (non-hydrogen) atoms. The van der Waals surface area contributed by atoms with Crippen molar-refractivity contribution in [1.82, 2.24) is 5.32 Å². The van der Waals surface area contributed by atoms with Crippen LogP contribution in [0.15, 0.2) is 12.1 Å². The zero-order valence-corrected chi connectivity index (χ0v) is 9.68. The van der Waals surface area contributed by atoms with Crippen LogP contribution in [0.5, 0.6) is 5.75 Å². The summed E-state index contributed by atoms with van der Waals surface area (Å²) in [5.41, 5.74) is 4.08. The molecule has 1 atom stereocenters. The second-order valence-electron chi connectivity index (χ2n) is 4.68. The second kappa shape index (κ2) is 4.96. The Morgan fingerprint density at radius 1 is 1.18 bits per heavy atom. The van der Waals surface area contributed by atoms with Crippen LogP contribution in [-0.2, 0) is 12.8 Å². The molecule has 3 rings (SSSR count). The Bertz CT molecular complexity index is 403. The van der Waals surface area contributed by atoms with Crippen molar-refractivity contribution < 1.29 is 4.74 Å². The third-order valence-electron chi connectivity index (χ3n) is 3.35. The van der Waals surface area contributed by atoms with Gasteiger partial charge in [-0.25, -0.2) is 0 Å². The van der Waals surface area contributed by atoms with E-state index in [1.54, 1.807) is 0 Å². The SMILES string of the molecule is C.CC1CNc2cc3c(cc2O1)CCNCC3. The van der Waals surface area contributed by atoms with Crippen molar-refractivity contribution in [2.45, 2.75) is 33.3 Å². The van der Waals surface area contributed by atoms with Gasteiger partial charge in [0.15, 0.2) is 0 Å². The van der Waals surface area contributed by atoms with Crippen molar-refractivity contribution in [2.75, 3.05) is 25.0 Å². The Morgan fingerprint density at radius 3 is 2.65 bits per heavy atom. The Labute approximate surface area is 104 Å². The minimum Gasteiger partial charge on any atom is -0.487 e. The van der Waals surface area contributed by atoms with Gasteiger partial charge in [-0.15, -0.1) is 0 Å². The molecule has 0 aliphatic carbocycles. The van der Waals surface area contributed by atoms with Crippen molar-refractivity contribution in [1.29, 1.82) is 0 Å². The van der Waals surface area contributed by atoms with E-state index in [9.17, 15) is 0 Å². The molecular formula is C14H22N2O. The number of rotatable bonds is 0. The van der Waals surface area contributed by atoms with Gasteiger partial charge in [-0.2, -0.15) is 0 Å². The highest BCUT2D eigenvalue weighted by Gasteiger charge is 2.18. The van der Waals surface area contributed by atoms with Crippen LogP contribution in [-0.4, -0.2) is 25.7 Å². The monoisotopic (exact) mass is 234 g/mol. The Morgan fingerprint density at radius 2 is 1.88 bits per heavy atom. The lowest BCUT2D eigenvalue weighted by atomic mass is 10.0. The van der Waals surface area contributed by atoms with E-state index < -0.39 is 0 Å². The first kappa shape index (κ1) is 12.2. The van der Waals surface area contributed by atoms with Gasteiger partial charge in [0.1, 0.15) is 11.9 Å². The van der Waals surface area contributed by atoms with Gasteiger partial charge in [0, 0.05) is 0 Å². The van der Waals surface area contributed by atoms with Crippen LogP contribution >= 0.6 is 0 Å². The lowest BCUT2D eigenvalue weighted by Crippen LogP contribution is -2.27. The van der Waals surface area contributed by atoms with Crippen molar-refractivity contribution >= 4 is 5.69 Å². The van der Waals surface area contributed by atoms with Crippen molar-refractivity contribution in [2.24, 2.45) is 0 Å². The van der Waals surface area contributed by atoms with Crippen LogP contribution in [0, 0.1) is 0 Å². The predicted octanol–water partition coefficient (Wildman–Crippen LogP) is 2.20. The molecule has 2 N–H and O–H groups in total. The fourth-order valence-electron chi connectivity index (χ4n) is 2.45. The molecule has 1 aromatic rings. The van der Waals surface area contributed by atoms with E-state index >= 15 is 0 Å². The molecule has 2 aliphatic heterocycles. The van der Waals surface area contributed by atoms with E-state index in [1.807, 2.05) is 0 Å². The van der Waals surface area contributed by atoms with E-state index in [1.165, 1.54) is 16.8 Å². The molecular weight excluding hydrogens is 212 g/mol. The van der Waals surface area contributed by atoms with Gasteiger partial charge in [-0.1, -0.05) is 7.43 Å². The molecule has 0 radical (unpaired) electrons. The smallest absolute Gasteiger partial charge is 0.143 e. The minimum atomic E-state index is 0. The number of fused-ring (bicyclic) bond motifs is 2. The van der Waals surface area contributed by atoms with E-state index in [-0.39, 0.29) is 13.5 Å². The highest BCUT2D eigenvalue weighted by Crippen LogP contribution is 2.33. The van der Waals surface area contributed by atoms with E-state index in [2.05, 4.69) is 29.7 Å². The van der Waals surface area contributed by atoms with Gasteiger partial charge in [0.2, 0.25) is 0 Å². The molecule has 3 heteroatoms. The van der Waals surface area contributed by atoms with Crippen molar-refractivity contribution in [3.8, 4) is 5.75 Å². The Kier molecular flexibility index (Phi) is 3.57. The van der Waals surface area contributed by atoms with Crippen LogP contribution in [0.1, 0.15) is 25.5 Å². The van der Waals surface area contributed by atoms with E-state index in [0.717, 1.165) is 38.2 Å². The van der Waals surface area contributed by atoms with Crippen molar-refractivity contribution in [3.05, 3.63) is 23.3 Å². The highest BCUT2D eigenvalue weighted by atomic mass is 16.5. The van der Waals surface area contributed by atoms with Crippen LogP contribution in [0.2, 0.25) is 0 Å². The summed E-state index contributed by atoms with van der Waals surface area (Å²) in [6.07, 6.45) is 2.51. The number of nitrogens with one attached hydrogen (secondary N) is 2. The number of hydrogen-bond acceptors (Lipinski definition) is 3. The first-order valence-electron chi connectivity index (χ1n) is 6.10. The number of hydrogen-bond donors (Lipinski definition) is 2.